The highest BCUT2D eigenvalue weighted by Gasteiger charge is 2.27. The highest BCUT2D eigenvalue weighted by Crippen LogP contribution is 2.31. The molecule has 3 aromatic heterocycles. The van der Waals surface area contributed by atoms with Crippen LogP contribution in [0, 0.1) is 0 Å². The maximum absolute atomic E-state index is 12.0. The van der Waals surface area contributed by atoms with E-state index in [0.29, 0.717) is 19.5 Å². The van der Waals surface area contributed by atoms with Gasteiger partial charge in [-0.05, 0) is 6.07 Å². The lowest BCUT2D eigenvalue weighted by Gasteiger charge is -2.37. The van der Waals surface area contributed by atoms with Gasteiger partial charge < -0.3 is 14.4 Å². The van der Waals surface area contributed by atoms with E-state index in [0.717, 1.165) is 66.9 Å². The lowest BCUT2D eigenvalue weighted by Crippen LogP contribution is -2.47. The minimum atomic E-state index is 0.0184. The fourth-order valence-corrected chi connectivity index (χ4v) is 4.66. The summed E-state index contributed by atoms with van der Waals surface area (Å²) < 4.78 is 3.48. The monoisotopic (exact) mass is 462 g/mol. The van der Waals surface area contributed by atoms with Crippen LogP contribution in [0.15, 0.2) is 35.4 Å². The summed E-state index contributed by atoms with van der Waals surface area (Å²) in [5.41, 5.74) is 4.62. The number of carbonyl (C=O) groups excluding carboxylic acids is 1. The first kappa shape index (κ1) is 22.3. The average molecular weight is 463 g/mol. The van der Waals surface area contributed by atoms with Gasteiger partial charge in [0.15, 0.2) is 5.82 Å². The summed E-state index contributed by atoms with van der Waals surface area (Å²) in [6.45, 7) is 6.89. The van der Waals surface area contributed by atoms with Crippen molar-refractivity contribution in [2.45, 2.75) is 26.4 Å². The molecular weight excluding hydrogens is 432 g/mol. The predicted molar refractivity (Wildman–Crippen MR) is 128 cm³/mol. The van der Waals surface area contributed by atoms with Gasteiger partial charge in [0, 0.05) is 90.2 Å². The summed E-state index contributed by atoms with van der Waals surface area (Å²) in [6, 6.07) is 5.42. The van der Waals surface area contributed by atoms with Crippen LogP contribution in [0.4, 0.5) is 5.82 Å². The standard InChI is InChI=1S/C24H30N8O2/c1-17(33)32-8-7-20-21(16-32)26-23(18-13-25-28(2)14-18)24(27-20)31-11-9-30(10-12-31)15-19-5-4-6-22(34)29(19)3/h4-6,13-14H,7-12,15-16H2,1-3H3. The number of nitrogens with zero attached hydrogens (tertiary/aromatic N) is 8. The molecule has 0 aliphatic carbocycles. The maximum atomic E-state index is 12.0. The SMILES string of the molecule is CC(=O)N1CCc2nc(N3CCN(Cc4cccc(=O)n4C)CC3)c(-c3cnn(C)c3)nc2C1. The molecule has 1 fully saturated rings. The number of amides is 1. The molecule has 0 bridgehead atoms. The quantitative estimate of drug-likeness (QED) is 0.566. The Morgan fingerprint density at radius 3 is 2.53 bits per heavy atom. The number of hydrogen-bond donors (Lipinski definition) is 0. The molecule has 34 heavy (non-hydrogen) atoms. The first-order valence-corrected chi connectivity index (χ1v) is 11.7. The number of piperazine rings is 1. The molecule has 0 aromatic carbocycles. The summed E-state index contributed by atoms with van der Waals surface area (Å²) in [4.78, 5) is 40.4. The van der Waals surface area contributed by atoms with E-state index >= 15 is 0 Å². The molecule has 0 spiro atoms. The molecule has 2 aliphatic rings. The van der Waals surface area contributed by atoms with E-state index in [9.17, 15) is 9.59 Å². The molecule has 0 saturated carbocycles. The Morgan fingerprint density at radius 2 is 1.82 bits per heavy atom. The van der Waals surface area contributed by atoms with E-state index in [2.05, 4.69) is 14.9 Å². The second kappa shape index (κ2) is 9.02. The molecule has 0 unspecified atom stereocenters. The third-order valence-corrected chi connectivity index (χ3v) is 6.76. The van der Waals surface area contributed by atoms with Crippen LogP contribution >= 0.6 is 0 Å². The molecule has 10 nitrogen and oxygen atoms in total. The Bertz CT molecular complexity index is 1270. The van der Waals surface area contributed by atoms with Crippen molar-refractivity contribution < 1.29 is 4.79 Å². The Hall–Kier alpha value is -3.53. The van der Waals surface area contributed by atoms with Crippen molar-refractivity contribution in [1.29, 1.82) is 0 Å². The maximum Gasteiger partial charge on any atom is 0.250 e. The van der Waals surface area contributed by atoms with E-state index in [1.54, 1.807) is 22.2 Å². The fourth-order valence-electron chi connectivity index (χ4n) is 4.66. The Kier molecular flexibility index (Phi) is 5.91. The zero-order valence-corrected chi connectivity index (χ0v) is 19.9. The number of anilines is 1. The number of rotatable bonds is 4. The van der Waals surface area contributed by atoms with Crippen LogP contribution in [-0.2, 0) is 38.4 Å². The van der Waals surface area contributed by atoms with Crippen LogP contribution in [-0.4, -0.2) is 72.7 Å². The van der Waals surface area contributed by atoms with Gasteiger partial charge in [0.1, 0.15) is 5.69 Å². The summed E-state index contributed by atoms with van der Waals surface area (Å²) in [5, 5.41) is 4.34. The Morgan fingerprint density at radius 1 is 1.03 bits per heavy atom. The van der Waals surface area contributed by atoms with Gasteiger partial charge in [-0.3, -0.25) is 19.2 Å². The van der Waals surface area contributed by atoms with Gasteiger partial charge in [-0.15, -0.1) is 0 Å². The zero-order chi connectivity index (χ0) is 23.8. The van der Waals surface area contributed by atoms with Crippen molar-refractivity contribution in [3.05, 3.63) is 58.0 Å². The molecular formula is C24H30N8O2. The third kappa shape index (κ3) is 4.33. The molecule has 5 rings (SSSR count). The Labute approximate surface area is 198 Å². The van der Waals surface area contributed by atoms with E-state index in [1.165, 1.54) is 0 Å². The summed E-state index contributed by atoms with van der Waals surface area (Å²) in [7, 11) is 3.71. The normalized spacial score (nSPS) is 16.6. The molecule has 5 heterocycles. The average Bonchev–Trinajstić information content (AvgIpc) is 3.27. The van der Waals surface area contributed by atoms with Gasteiger partial charge in [-0.25, -0.2) is 9.97 Å². The summed E-state index contributed by atoms with van der Waals surface area (Å²) in [5.74, 6) is 0.946. The minimum absolute atomic E-state index is 0.0184. The second-order valence-corrected chi connectivity index (χ2v) is 9.06. The minimum Gasteiger partial charge on any atom is -0.352 e. The van der Waals surface area contributed by atoms with Crippen LogP contribution in [0.5, 0.6) is 0 Å². The van der Waals surface area contributed by atoms with E-state index in [-0.39, 0.29) is 11.5 Å². The van der Waals surface area contributed by atoms with Gasteiger partial charge >= 0.3 is 0 Å². The smallest absolute Gasteiger partial charge is 0.250 e. The number of carbonyl (C=O) groups is 1. The number of fused-ring (bicyclic) bond motifs is 1. The number of pyridine rings is 1. The van der Waals surface area contributed by atoms with Crippen LogP contribution in [0.2, 0.25) is 0 Å². The van der Waals surface area contributed by atoms with Crippen molar-refractivity contribution in [3.63, 3.8) is 0 Å². The molecule has 2 aliphatic heterocycles. The summed E-state index contributed by atoms with van der Waals surface area (Å²) >= 11 is 0. The number of aromatic nitrogens is 5. The van der Waals surface area contributed by atoms with Crippen molar-refractivity contribution in [3.8, 4) is 11.3 Å². The third-order valence-electron chi connectivity index (χ3n) is 6.76. The molecule has 0 atom stereocenters. The lowest BCUT2D eigenvalue weighted by molar-refractivity contribution is -0.129. The second-order valence-electron chi connectivity index (χ2n) is 9.06. The van der Waals surface area contributed by atoms with Gasteiger partial charge in [0.25, 0.3) is 0 Å². The summed E-state index contributed by atoms with van der Waals surface area (Å²) in [6.07, 6.45) is 4.49. The topological polar surface area (TPSA) is 92.4 Å². The largest absolute Gasteiger partial charge is 0.352 e. The van der Waals surface area contributed by atoms with Crippen LogP contribution in [0.3, 0.4) is 0 Å². The van der Waals surface area contributed by atoms with Crippen molar-refractivity contribution in [2.75, 3.05) is 37.6 Å². The molecule has 0 radical (unpaired) electrons. The van der Waals surface area contributed by atoms with Gasteiger partial charge in [-0.2, -0.15) is 5.10 Å². The number of hydrogen-bond acceptors (Lipinski definition) is 7. The first-order chi connectivity index (χ1) is 16.4. The number of aryl methyl sites for hydroxylation is 1. The van der Waals surface area contributed by atoms with Crippen molar-refractivity contribution in [1.82, 2.24) is 34.1 Å². The van der Waals surface area contributed by atoms with Gasteiger partial charge in [0.2, 0.25) is 11.5 Å². The highest BCUT2D eigenvalue weighted by atomic mass is 16.2. The zero-order valence-electron chi connectivity index (χ0n) is 19.9. The van der Waals surface area contributed by atoms with Crippen molar-refractivity contribution in [2.24, 2.45) is 14.1 Å². The van der Waals surface area contributed by atoms with E-state index < -0.39 is 0 Å². The van der Waals surface area contributed by atoms with Crippen LogP contribution in [0.25, 0.3) is 11.3 Å². The van der Waals surface area contributed by atoms with Crippen LogP contribution in [0.1, 0.15) is 24.0 Å². The van der Waals surface area contributed by atoms with Crippen LogP contribution < -0.4 is 10.5 Å². The molecule has 10 heteroatoms. The van der Waals surface area contributed by atoms with Crippen molar-refractivity contribution >= 4 is 11.7 Å². The van der Waals surface area contributed by atoms with E-state index in [4.69, 9.17) is 9.97 Å². The Balaban J connectivity index is 1.39. The van der Waals surface area contributed by atoms with Gasteiger partial charge in [-0.1, -0.05) is 6.07 Å². The lowest BCUT2D eigenvalue weighted by atomic mass is 10.1. The van der Waals surface area contributed by atoms with Gasteiger partial charge in [0.05, 0.1) is 24.1 Å². The highest BCUT2D eigenvalue weighted by molar-refractivity contribution is 5.74. The fraction of sp³-hybridized carbons (Fsp3) is 0.458. The molecule has 178 valence electrons. The molecule has 3 aromatic rings. The molecule has 1 saturated heterocycles. The molecule has 0 N–H and O–H groups in total. The predicted octanol–water partition coefficient (Wildman–Crippen LogP) is 0.803. The van der Waals surface area contributed by atoms with E-state index in [1.807, 2.05) is 43.5 Å². The first-order valence-electron chi connectivity index (χ1n) is 11.7. The molecule has 1 amide bonds.